The van der Waals surface area contributed by atoms with Crippen LogP contribution in [0.5, 0.6) is 0 Å². The van der Waals surface area contributed by atoms with Crippen molar-refractivity contribution in [2.45, 2.75) is 19.4 Å². The third kappa shape index (κ3) is 4.70. The van der Waals surface area contributed by atoms with Gasteiger partial charge in [-0.3, -0.25) is 9.65 Å². The van der Waals surface area contributed by atoms with E-state index in [1.54, 1.807) is 0 Å². The van der Waals surface area contributed by atoms with Gasteiger partial charge in [0.2, 0.25) is 7.29 Å². The third-order valence-corrected chi connectivity index (χ3v) is 7.37. The quantitative estimate of drug-likeness (QED) is 0.458. The fourth-order valence-electron chi connectivity index (χ4n) is 3.13. The van der Waals surface area contributed by atoms with Crippen LogP contribution in [0.3, 0.4) is 0 Å². The first-order valence-corrected chi connectivity index (χ1v) is 11.0. The average molecular weight is 385 g/mol. The Hall–Kier alpha value is -2.85. The Morgan fingerprint density at radius 1 is 0.929 bits per heavy atom. The molecule has 140 valence electrons. The molecule has 0 saturated heterocycles. The molecule has 0 aliphatic heterocycles. The molecule has 1 atom stereocenters. The molecule has 0 aliphatic rings. The van der Waals surface area contributed by atoms with Crippen LogP contribution in [0.25, 0.3) is 6.08 Å². The standard InChI is InChI=1S/C25H24NOP/c1-3-13-25(21(2)20-22-14-7-4-8-15-22)26-28(27,23-16-9-5-10-17-23)24-18-11-6-12-19-24/h1,4-12,14-20,25H,13H2,2H3,(H,26,27)/b21-20+/t25-/m0/s1. The molecular weight excluding hydrogens is 361 g/mol. The zero-order valence-electron chi connectivity index (χ0n) is 16.0. The van der Waals surface area contributed by atoms with Gasteiger partial charge in [-0.1, -0.05) is 78.4 Å². The summed E-state index contributed by atoms with van der Waals surface area (Å²) in [6.45, 7) is 2.03. The van der Waals surface area contributed by atoms with Crippen LogP contribution in [0.2, 0.25) is 0 Å². The normalized spacial score (nSPS) is 12.9. The molecule has 3 aromatic rings. The Bertz CT molecular complexity index is 961. The van der Waals surface area contributed by atoms with Gasteiger partial charge in [0, 0.05) is 23.1 Å². The summed E-state index contributed by atoms with van der Waals surface area (Å²) in [5.74, 6) is 2.74. The summed E-state index contributed by atoms with van der Waals surface area (Å²) >= 11 is 0. The van der Waals surface area contributed by atoms with Crippen molar-refractivity contribution in [1.82, 2.24) is 5.09 Å². The van der Waals surface area contributed by atoms with E-state index < -0.39 is 7.29 Å². The molecule has 3 heteroatoms. The highest BCUT2D eigenvalue weighted by Crippen LogP contribution is 2.40. The van der Waals surface area contributed by atoms with Crippen molar-refractivity contribution < 1.29 is 4.57 Å². The second-order valence-corrected chi connectivity index (χ2v) is 9.18. The van der Waals surface area contributed by atoms with E-state index >= 15 is 0 Å². The number of hydrogen-bond acceptors (Lipinski definition) is 1. The van der Waals surface area contributed by atoms with E-state index in [1.165, 1.54) is 0 Å². The molecule has 3 rings (SSSR count). The molecule has 0 amide bonds. The van der Waals surface area contributed by atoms with Gasteiger partial charge in [-0.15, -0.1) is 12.3 Å². The van der Waals surface area contributed by atoms with Gasteiger partial charge in [0.15, 0.2) is 0 Å². The lowest BCUT2D eigenvalue weighted by atomic mass is 10.0. The molecule has 0 radical (unpaired) electrons. The summed E-state index contributed by atoms with van der Waals surface area (Å²) in [7, 11) is -3.05. The Labute approximate surface area is 167 Å². The maximum absolute atomic E-state index is 14.3. The first-order valence-electron chi connectivity index (χ1n) is 9.29. The topological polar surface area (TPSA) is 29.1 Å². The fraction of sp³-hybridized carbons (Fsp3) is 0.120. The van der Waals surface area contributed by atoms with Gasteiger partial charge < -0.3 is 0 Å². The summed E-state index contributed by atoms with van der Waals surface area (Å²) in [5, 5.41) is 4.98. The monoisotopic (exact) mass is 385 g/mol. The van der Waals surface area contributed by atoms with E-state index in [4.69, 9.17) is 6.42 Å². The summed E-state index contributed by atoms with van der Waals surface area (Å²) in [6, 6.07) is 29.0. The van der Waals surface area contributed by atoms with Gasteiger partial charge in [0.05, 0.1) is 0 Å². The zero-order valence-corrected chi connectivity index (χ0v) is 16.8. The van der Waals surface area contributed by atoms with Crippen molar-refractivity contribution in [3.63, 3.8) is 0 Å². The van der Waals surface area contributed by atoms with Crippen molar-refractivity contribution in [1.29, 1.82) is 0 Å². The highest BCUT2D eigenvalue weighted by molar-refractivity contribution is 7.76. The van der Waals surface area contributed by atoms with Gasteiger partial charge in [0.25, 0.3) is 0 Å². The van der Waals surface area contributed by atoms with Gasteiger partial charge in [-0.05, 0) is 36.8 Å². The average Bonchev–Trinajstić information content (AvgIpc) is 2.75. The molecule has 2 nitrogen and oxygen atoms in total. The van der Waals surface area contributed by atoms with Gasteiger partial charge >= 0.3 is 0 Å². The van der Waals surface area contributed by atoms with Gasteiger partial charge in [0.1, 0.15) is 0 Å². The third-order valence-electron chi connectivity index (χ3n) is 4.64. The molecule has 28 heavy (non-hydrogen) atoms. The van der Waals surface area contributed by atoms with Crippen molar-refractivity contribution in [2.75, 3.05) is 0 Å². The maximum Gasteiger partial charge on any atom is 0.205 e. The largest absolute Gasteiger partial charge is 0.297 e. The van der Waals surface area contributed by atoms with Crippen LogP contribution in [0.4, 0.5) is 0 Å². The molecule has 0 fully saturated rings. The molecule has 0 heterocycles. The molecular formula is C25H24NOP. The van der Waals surface area contributed by atoms with E-state index in [0.29, 0.717) is 6.42 Å². The van der Waals surface area contributed by atoms with E-state index in [-0.39, 0.29) is 6.04 Å². The molecule has 3 aromatic carbocycles. The number of benzene rings is 3. The van der Waals surface area contributed by atoms with Crippen LogP contribution >= 0.6 is 7.29 Å². The van der Waals surface area contributed by atoms with Crippen LogP contribution in [-0.4, -0.2) is 6.04 Å². The number of rotatable bonds is 7. The lowest BCUT2D eigenvalue weighted by Crippen LogP contribution is -2.35. The molecule has 0 aromatic heterocycles. The maximum atomic E-state index is 14.3. The Morgan fingerprint density at radius 2 is 1.39 bits per heavy atom. The Kier molecular flexibility index (Phi) is 6.66. The van der Waals surface area contributed by atoms with Crippen molar-refractivity contribution in [3.8, 4) is 12.3 Å². The predicted molar refractivity (Wildman–Crippen MR) is 120 cm³/mol. The lowest BCUT2D eigenvalue weighted by Gasteiger charge is -2.27. The minimum atomic E-state index is -3.05. The van der Waals surface area contributed by atoms with E-state index in [9.17, 15) is 4.57 Å². The van der Waals surface area contributed by atoms with Crippen LogP contribution in [-0.2, 0) is 4.57 Å². The van der Waals surface area contributed by atoms with Crippen molar-refractivity contribution >= 4 is 24.0 Å². The molecule has 0 aliphatic carbocycles. The molecule has 1 N–H and O–H groups in total. The highest BCUT2D eigenvalue weighted by Gasteiger charge is 2.30. The summed E-state index contributed by atoms with van der Waals surface area (Å²) in [5.41, 5.74) is 2.15. The summed E-state index contributed by atoms with van der Waals surface area (Å²) in [6.07, 6.45) is 8.20. The molecule has 0 spiro atoms. The van der Waals surface area contributed by atoms with E-state index in [1.807, 2.05) is 97.9 Å². The number of hydrogen-bond donors (Lipinski definition) is 1. The second kappa shape index (κ2) is 9.38. The van der Waals surface area contributed by atoms with Crippen LogP contribution < -0.4 is 15.7 Å². The SMILES string of the molecule is C#CC[C@H](NP(=O)(c1ccccc1)c1ccccc1)/C(C)=C/c1ccccc1. The van der Waals surface area contributed by atoms with E-state index in [2.05, 4.69) is 17.1 Å². The van der Waals surface area contributed by atoms with Crippen molar-refractivity contribution in [3.05, 3.63) is 102 Å². The molecule has 0 bridgehead atoms. The van der Waals surface area contributed by atoms with Gasteiger partial charge in [-0.25, -0.2) is 0 Å². The molecule has 0 unspecified atom stereocenters. The highest BCUT2D eigenvalue weighted by atomic mass is 31.2. The second-order valence-electron chi connectivity index (χ2n) is 6.67. The minimum Gasteiger partial charge on any atom is -0.297 e. The van der Waals surface area contributed by atoms with Crippen LogP contribution in [0.15, 0.2) is 96.6 Å². The zero-order chi connectivity index (χ0) is 19.8. The first-order chi connectivity index (χ1) is 13.6. The first kappa shape index (κ1) is 19.9. The minimum absolute atomic E-state index is 0.198. The number of terminal acetylenes is 1. The summed E-state index contributed by atoms with van der Waals surface area (Å²) < 4.78 is 14.3. The fourth-order valence-corrected chi connectivity index (χ4v) is 5.65. The number of nitrogens with one attached hydrogen (secondary N) is 1. The summed E-state index contributed by atoms with van der Waals surface area (Å²) in [4.78, 5) is 0. The van der Waals surface area contributed by atoms with Crippen molar-refractivity contribution in [2.24, 2.45) is 0 Å². The predicted octanol–water partition coefficient (Wildman–Crippen LogP) is 5.00. The van der Waals surface area contributed by atoms with Crippen LogP contribution in [0.1, 0.15) is 18.9 Å². The van der Waals surface area contributed by atoms with Gasteiger partial charge in [-0.2, -0.15) is 0 Å². The Morgan fingerprint density at radius 3 is 1.86 bits per heavy atom. The van der Waals surface area contributed by atoms with E-state index in [0.717, 1.165) is 21.7 Å². The lowest BCUT2D eigenvalue weighted by molar-refractivity contribution is 0.569. The molecule has 0 saturated carbocycles. The van der Waals surface area contributed by atoms with Crippen LogP contribution in [0, 0.1) is 12.3 Å². The Balaban J connectivity index is 2.01. The smallest absolute Gasteiger partial charge is 0.205 e.